The Bertz CT molecular complexity index is 667. The Morgan fingerprint density at radius 2 is 2.21 bits per heavy atom. The van der Waals surface area contributed by atoms with Crippen LogP contribution in [0.25, 0.3) is 10.9 Å². The van der Waals surface area contributed by atoms with Crippen molar-refractivity contribution in [3.63, 3.8) is 0 Å². The zero-order chi connectivity index (χ0) is 17.0. The molecule has 4 nitrogen and oxygen atoms in total. The van der Waals surface area contributed by atoms with Crippen molar-refractivity contribution < 1.29 is 9.84 Å². The van der Waals surface area contributed by atoms with E-state index in [1.54, 1.807) is 0 Å². The number of ether oxygens (including phenoxy) is 1. The van der Waals surface area contributed by atoms with Gasteiger partial charge >= 0.3 is 0 Å². The number of H-pyrrole nitrogens is 1. The quantitative estimate of drug-likeness (QED) is 0.651. The fraction of sp³-hybridized carbons (Fsp3) is 0.600. The number of aliphatic hydroxyl groups is 1. The molecule has 2 unspecified atom stereocenters. The lowest BCUT2D eigenvalue weighted by molar-refractivity contribution is -0.0956. The second kappa shape index (κ2) is 7.68. The number of aliphatic hydroxyl groups excluding tert-OH is 1. The molecule has 24 heavy (non-hydrogen) atoms. The van der Waals surface area contributed by atoms with Crippen LogP contribution >= 0.6 is 0 Å². The summed E-state index contributed by atoms with van der Waals surface area (Å²) in [6.07, 6.45) is 4.06. The summed E-state index contributed by atoms with van der Waals surface area (Å²) in [6.45, 7) is 7.20. The topological polar surface area (TPSA) is 57.3 Å². The number of aromatic nitrogens is 1. The molecule has 4 heteroatoms. The number of fused-ring (bicyclic) bond motifs is 3. The standard InChI is InChI=1S/C20H30N2O2/c1-3-4-11-21-14-15(9-12-23)20(2)19-17(10-13-24-20)16-7-5-6-8-18(16)22-19/h5-8,15,21-23H,3-4,9-14H2,1-2H3. The molecule has 3 N–H and O–H groups in total. The highest BCUT2D eigenvalue weighted by atomic mass is 16.5. The van der Waals surface area contributed by atoms with E-state index in [0.29, 0.717) is 0 Å². The molecule has 0 saturated carbocycles. The summed E-state index contributed by atoms with van der Waals surface area (Å²) in [6, 6.07) is 8.49. The van der Waals surface area contributed by atoms with Crippen molar-refractivity contribution >= 4 is 10.9 Å². The van der Waals surface area contributed by atoms with E-state index in [-0.39, 0.29) is 18.1 Å². The molecular formula is C20H30N2O2. The van der Waals surface area contributed by atoms with Crippen molar-refractivity contribution in [3.8, 4) is 0 Å². The average molecular weight is 330 g/mol. The Kier molecular flexibility index (Phi) is 5.59. The van der Waals surface area contributed by atoms with Gasteiger partial charge in [0.05, 0.1) is 12.3 Å². The molecule has 0 fully saturated rings. The summed E-state index contributed by atoms with van der Waals surface area (Å²) in [5.74, 6) is 0.242. The van der Waals surface area contributed by atoms with Gasteiger partial charge in [-0.25, -0.2) is 0 Å². The monoisotopic (exact) mass is 330 g/mol. The van der Waals surface area contributed by atoms with Crippen molar-refractivity contribution in [2.75, 3.05) is 26.3 Å². The van der Waals surface area contributed by atoms with Gasteiger partial charge in [0, 0.05) is 30.0 Å². The summed E-state index contributed by atoms with van der Waals surface area (Å²) in [7, 11) is 0. The van der Waals surface area contributed by atoms with Crippen LogP contribution in [0.15, 0.2) is 24.3 Å². The lowest BCUT2D eigenvalue weighted by atomic mass is 9.80. The molecule has 132 valence electrons. The van der Waals surface area contributed by atoms with Crippen molar-refractivity contribution in [1.82, 2.24) is 10.3 Å². The number of para-hydroxylation sites is 1. The minimum absolute atomic E-state index is 0.189. The molecule has 0 amide bonds. The second-order valence-corrected chi connectivity index (χ2v) is 7.00. The minimum Gasteiger partial charge on any atom is -0.396 e. The maximum atomic E-state index is 9.58. The van der Waals surface area contributed by atoms with E-state index >= 15 is 0 Å². The Hall–Kier alpha value is -1.36. The number of hydrogen-bond acceptors (Lipinski definition) is 3. The van der Waals surface area contributed by atoms with Gasteiger partial charge in [-0.15, -0.1) is 0 Å². The van der Waals surface area contributed by atoms with Gasteiger partial charge in [0.2, 0.25) is 0 Å². The molecule has 2 heterocycles. The Morgan fingerprint density at radius 3 is 3.00 bits per heavy atom. The smallest absolute Gasteiger partial charge is 0.109 e. The molecule has 2 atom stereocenters. The van der Waals surface area contributed by atoms with Crippen LogP contribution < -0.4 is 5.32 Å². The van der Waals surface area contributed by atoms with Crippen LogP contribution in [-0.2, 0) is 16.8 Å². The third kappa shape index (κ3) is 3.23. The third-order valence-electron chi connectivity index (χ3n) is 5.42. The predicted molar refractivity (Wildman–Crippen MR) is 98.3 cm³/mol. The molecule has 1 aromatic heterocycles. The highest BCUT2D eigenvalue weighted by Crippen LogP contribution is 2.42. The summed E-state index contributed by atoms with van der Waals surface area (Å²) in [4.78, 5) is 3.61. The zero-order valence-electron chi connectivity index (χ0n) is 14.9. The Balaban J connectivity index is 1.90. The third-order valence-corrected chi connectivity index (χ3v) is 5.42. The number of hydrogen-bond donors (Lipinski definition) is 3. The van der Waals surface area contributed by atoms with E-state index in [9.17, 15) is 5.11 Å². The number of benzene rings is 1. The van der Waals surface area contributed by atoms with Crippen LogP contribution in [0.1, 0.15) is 44.4 Å². The molecule has 1 aliphatic heterocycles. The van der Waals surface area contributed by atoms with E-state index in [0.717, 1.165) is 32.5 Å². The van der Waals surface area contributed by atoms with Crippen molar-refractivity contribution in [2.24, 2.45) is 5.92 Å². The van der Waals surface area contributed by atoms with E-state index in [4.69, 9.17) is 4.74 Å². The molecule has 0 spiro atoms. The van der Waals surface area contributed by atoms with Gasteiger partial charge in [-0.05, 0) is 44.4 Å². The second-order valence-electron chi connectivity index (χ2n) is 7.00. The summed E-state index contributed by atoms with van der Waals surface area (Å²) in [5, 5.41) is 14.4. The van der Waals surface area contributed by atoms with E-state index in [1.165, 1.54) is 35.0 Å². The molecule has 2 aromatic rings. The van der Waals surface area contributed by atoms with Crippen LogP contribution in [0, 0.1) is 5.92 Å². The van der Waals surface area contributed by atoms with Crippen molar-refractivity contribution in [3.05, 3.63) is 35.5 Å². The maximum absolute atomic E-state index is 9.58. The molecular weight excluding hydrogens is 300 g/mol. The molecule has 0 radical (unpaired) electrons. The highest BCUT2D eigenvalue weighted by Gasteiger charge is 2.42. The number of rotatable bonds is 8. The largest absolute Gasteiger partial charge is 0.396 e. The fourth-order valence-corrected chi connectivity index (χ4v) is 3.95. The fourth-order valence-electron chi connectivity index (χ4n) is 3.95. The van der Waals surface area contributed by atoms with Crippen molar-refractivity contribution in [2.45, 2.75) is 45.1 Å². The van der Waals surface area contributed by atoms with E-state index in [1.807, 2.05) is 0 Å². The summed E-state index contributed by atoms with van der Waals surface area (Å²) in [5.41, 5.74) is 3.39. The Morgan fingerprint density at radius 1 is 1.38 bits per heavy atom. The zero-order valence-corrected chi connectivity index (χ0v) is 14.9. The van der Waals surface area contributed by atoms with Crippen LogP contribution in [0.5, 0.6) is 0 Å². The number of aromatic amines is 1. The van der Waals surface area contributed by atoms with Gasteiger partial charge in [0.15, 0.2) is 0 Å². The number of unbranched alkanes of at least 4 members (excludes halogenated alkanes) is 1. The van der Waals surface area contributed by atoms with Gasteiger partial charge in [0.1, 0.15) is 5.60 Å². The molecule has 1 aliphatic rings. The van der Waals surface area contributed by atoms with Gasteiger partial charge in [-0.1, -0.05) is 31.5 Å². The first kappa shape index (κ1) is 17.5. The normalized spacial score (nSPS) is 21.8. The summed E-state index contributed by atoms with van der Waals surface area (Å²) >= 11 is 0. The first-order valence-corrected chi connectivity index (χ1v) is 9.26. The van der Waals surface area contributed by atoms with Gasteiger partial charge < -0.3 is 20.1 Å². The van der Waals surface area contributed by atoms with Crippen LogP contribution in [0.4, 0.5) is 0 Å². The first-order valence-electron chi connectivity index (χ1n) is 9.26. The van der Waals surface area contributed by atoms with Gasteiger partial charge in [0.25, 0.3) is 0 Å². The van der Waals surface area contributed by atoms with E-state index in [2.05, 4.69) is 48.4 Å². The minimum atomic E-state index is -0.380. The lowest BCUT2D eigenvalue weighted by Crippen LogP contribution is -2.44. The molecule has 1 aromatic carbocycles. The number of nitrogens with one attached hydrogen (secondary N) is 2. The average Bonchev–Trinajstić information content (AvgIpc) is 2.98. The molecule has 0 aliphatic carbocycles. The van der Waals surface area contributed by atoms with Gasteiger partial charge in [-0.3, -0.25) is 0 Å². The van der Waals surface area contributed by atoms with E-state index < -0.39 is 0 Å². The Labute approximate surface area is 144 Å². The molecule has 3 rings (SSSR count). The first-order chi connectivity index (χ1) is 11.7. The maximum Gasteiger partial charge on any atom is 0.109 e. The molecule has 0 saturated heterocycles. The highest BCUT2D eigenvalue weighted by molar-refractivity contribution is 5.85. The van der Waals surface area contributed by atoms with Gasteiger partial charge in [-0.2, -0.15) is 0 Å². The predicted octanol–water partition coefficient (Wildman–Crippen LogP) is 3.34. The molecule has 0 bridgehead atoms. The van der Waals surface area contributed by atoms with Crippen molar-refractivity contribution in [1.29, 1.82) is 0 Å². The van der Waals surface area contributed by atoms with Crippen LogP contribution in [-0.4, -0.2) is 36.4 Å². The van der Waals surface area contributed by atoms with Crippen LogP contribution in [0.3, 0.4) is 0 Å². The summed E-state index contributed by atoms with van der Waals surface area (Å²) < 4.78 is 6.31. The van der Waals surface area contributed by atoms with Crippen LogP contribution in [0.2, 0.25) is 0 Å². The lowest BCUT2D eigenvalue weighted by Gasteiger charge is -2.40. The SMILES string of the molecule is CCCCNCC(CCO)C1(C)OCCc2c1[nH]c1ccccc21.